The minimum atomic E-state index is -4.80. The van der Waals surface area contributed by atoms with Crippen molar-refractivity contribution in [3.63, 3.8) is 0 Å². The first-order valence-electron chi connectivity index (χ1n) is 21.0. The number of aromatic nitrogens is 1. The Morgan fingerprint density at radius 3 is 2.11 bits per heavy atom. The summed E-state index contributed by atoms with van der Waals surface area (Å²) in [6.45, 7) is 11.4. The number of Topliss-reactive ketones (excluding diaryl/α,β-unsaturated/α-hetero) is 2. The SMILES string of the molecule is CN(C)[C@@H]1c2onc(OCc3ccccc3)c2C(=O)C2(O[Si](C)(C)C(C)(C)C)C(O)=C3C(=O)c4c(OCc5ccccc5)cc(CN5CCCC5)c(C(F)(F)F)c4C[C@H]3C[C@@H]12. The third kappa shape index (κ3) is 7.52. The van der Waals surface area contributed by atoms with E-state index in [2.05, 4.69) is 5.16 Å². The molecule has 1 N–H and O–H groups in total. The third-order valence-corrected chi connectivity index (χ3v) is 17.9. The number of aliphatic hydroxyl groups excluding tert-OH is 1. The summed E-state index contributed by atoms with van der Waals surface area (Å²) in [6, 6.07) is 19.1. The molecule has 4 aromatic rings. The van der Waals surface area contributed by atoms with Gasteiger partial charge < -0.3 is 23.5 Å². The normalized spacial score (nSPS) is 23.2. The van der Waals surface area contributed by atoms with E-state index in [1.165, 1.54) is 6.07 Å². The van der Waals surface area contributed by atoms with E-state index < -0.39 is 65.9 Å². The maximum Gasteiger partial charge on any atom is 0.417 e. The third-order valence-electron chi connectivity index (χ3n) is 13.5. The zero-order valence-corrected chi connectivity index (χ0v) is 36.8. The Labute approximate surface area is 355 Å². The van der Waals surface area contributed by atoms with E-state index in [0.29, 0.717) is 13.1 Å². The predicted octanol–water partition coefficient (Wildman–Crippen LogP) is 9.89. The van der Waals surface area contributed by atoms with Crippen LogP contribution >= 0.6 is 0 Å². The molecule has 0 radical (unpaired) electrons. The van der Waals surface area contributed by atoms with Gasteiger partial charge in [-0.1, -0.05) is 81.4 Å². The van der Waals surface area contributed by atoms with Gasteiger partial charge in [0.05, 0.1) is 17.2 Å². The molecule has 1 unspecified atom stereocenters. The molecule has 1 saturated heterocycles. The molecule has 0 bridgehead atoms. The number of ketones is 2. The zero-order chi connectivity index (χ0) is 43.6. The Kier molecular flexibility index (Phi) is 11.2. The van der Waals surface area contributed by atoms with E-state index in [1.54, 1.807) is 14.1 Å². The van der Waals surface area contributed by atoms with Crippen LogP contribution in [0, 0.1) is 11.8 Å². The number of halogens is 3. The number of rotatable bonds is 11. The van der Waals surface area contributed by atoms with Crippen molar-refractivity contribution in [1.82, 2.24) is 15.0 Å². The maximum absolute atomic E-state index is 15.6. The van der Waals surface area contributed by atoms with E-state index in [0.717, 1.165) is 24.0 Å². The fourth-order valence-corrected chi connectivity index (χ4v) is 11.0. The second kappa shape index (κ2) is 15.9. The summed E-state index contributed by atoms with van der Waals surface area (Å²) in [5.41, 5.74) is -1.89. The molecule has 0 saturated carbocycles. The molecule has 0 amide bonds. The molecule has 2 heterocycles. The first-order chi connectivity index (χ1) is 28.8. The number of fused-ring (bicyclic) bond motifs is 4. The average Bonchev–Trinajstić information content (AvgIpc) is 3.87. The summed E-state index contributed by atoms with van der Waals surface area (Å²) in [5.74, 6) is -3.74. The average molecular weight is 858 g/mol. The van der Waals surface area contributed by atoms with Crippen molar-refractivity contribution >= 4 is 19.9 Å². The fraction of sp³-hybridized carbons (Fsp3) is 0.468. The van der Waals surface area contributed by atoms with Crippen LogP contribution in [-0.4, -0.2) is 72.7 Å². The van der Waals surface area contributed by atoms with Gasteiger partial charge in [0.2, 0.25) is 5.78 Å². The summed E-state index contributed by atoms with van der Waals surface area (Å²) in [5, 5.41) is 16.8. The molecule has 3 aliphatic carbocycles. The van der Waals surface area contributed by atoms with Gasteiger partial charge in [0.25, 0.3) is 5.88 Å². The molecule has 3 aromatic carbocycles. The van der Waals surface area contributed by atoms with E-state index in [1.807, 2.05) is 104 Å². The van der Waals surface area contributed by atoms with Crippen LogP contribution in [0.15, 0.2) is 82.6 Å². The van der Waals surface area contributed by atoms with E-state index in [9.17, 15) is 5.11 Å². The molecule has 1 aliphatic heterocycles. The molecule has 4 atom stereocenters. The number of ether oxygens (including phenoxy) is 2. The van der Waals surface area contributed by atoms with Gasteiger partial charge in [-0.15, -0.1) is 0 Å². The van der Waals surface area contributed by atoms with Crippen molar-refractivity contribution < 1.29 is 46.3 Å². The van der Waals surface area contributed by atoms with E-state index in [-0.39, 0.29) is 77.8 Å². The lowest BCUT2D eigenvalue weighted by Crippen LogP contribution is -2.65. The number of hydrogen-bond donors (Lipinski definition) is 1. The number of aliphatic hydroxyl groups is 1. The molecular weight excluding hydrogens is 804 g/mol. The van der Waals surface area contributed by atoms with Gasteiger partial charge >= 0.3 is 6.18 Å². The Morgan fingerprint density at radius 2 is 1.54 bits per heavy atom. The number of carbonyl (C=O) groups is 2. The summed E-state index contributed by atoms with van der Waals surface area (Å²) in [4.78, 5) is 34.8. The van der Waals surface area contributed by atoms with Crippen molar-refractivity contribution in [2.75, 3.05) is 27.2 Å². The van der Waals surface area contributed by atoms with Crippen LogP contribution in [0.5, 0.6) is 11.6 Å². The fourth-order valence-electron chi connectivity index (χ4n) is 9.59. The first-order valence-corrected chi connectivity index (χ1v) is 23.9. The second-order valence-electron chi connectivity index (χ2n) is 18.7. The number of benzene rings is 3. The monoisotopic (exact) mass is 857 g/mol. The minimum absolute atomic E-state index is 0.00311. The molecule has 0 spiro atoms. The van der Waals surface area contributed by atoms with Crippen LogP contribution in [0.4, 0.5) is 13.2 Å². The summed E-state index contributed by atoms with van der Waals surface area (Å²) in [6.07, 6.45) is -3.22. The molecule has 4 aliphatic rings. The van der Waals surface area contributed by atoms with Gasteiger partial charge in [0.15, 0.2) is 25.5 Å². The summed E-state index contributed by atoms with van der Waals surface area (Å²) in [7, 11) is 0.568. The van der Waals surface area contributed by atoms with Gasteiger partial charge in [0, 0.05) is 18.0 Å². The smallest absolute Gasteiger partial charge is 0.417 e. The zero-order valence-electron chi connectivity index (χ0n) is 35.8. The number of allylic oxidation sites excluding steroid dienone is 1. The Balaban J connectivity index is 1.33. The Bertz CT molecular complexity index is 2350. The highest BCUT2D eigenvalue weighted by molar-refractivity contribution is 6.74. The van der Waals surface area contributed by atoms with E-state index >= 15 is 22.8 Å². The standard InChI is InChI=1S/C47H54F3N3O7Si/c1-45(2,3)61(6,7)60-46-33(39(52(4)5)41-37(43(46)56)44(51-59-41)58-27-29-18-12-9-13-19-29)23-30-22-32-36(40(54)35(30)42(46)55)34(57-26-28-16-10-8-11-17-28)24-31(38(32)47(48,49)50)25-53-20-14-15-21-53/h8-13,16-19,24,30,33,39,55H,14-15,20-23,25-27H2,1-7H3/t30-,33-,39-,46?/m0/s1. The number of hydrogen-bond acceptors (Lipinski definition) is 10. The molecule has 1 fully saturated rings. The quantitative estimate of drug-likeness (QED) is 0.146. The van der Waals surface area contributed by atoms with Gasteiger partial charge in [-0.2, -0.15) is 13.2 Å². The Morgan fingerprint density at radius 1 is 0.934 bits per heavy atom. The lowest BCUT2D eigenvalue weighted by atomic mass is 9.58. The van der Waals surface area contributed by atoms with Gasteiger partial charge in [-0.25, -0.2) is 0 Å². The lowest BCUT2D eigenvalue weighted by molar-refractivity contribution is -0.139. The number of likely N-dealkylation sites (tertiary alicyclic amines) is 1. The van der Waals surface area contributed by atoms with Crippen LogP contribution in [0.1, 0.15) is 100 Å². The van der Waals surface area contributed by atoms with Crippen molar-refractivity contribution in [3.05, 3.63) is 123 Å². The number of nitrogens with zero attached hydrogens (tertiary/aromatic N) is 3. The Hall–Kier alpha value is -4.76. The highest BCUT2D eigenvalue weighted by Gasteiger charge is 2.67. The van der Waals surface area contributed by atoms with Gasteiger partial charge in [-0.05, 0) is 110 Å². The molecule has 61 heavy (non-hydrogen) atoms. The highest BCUT2D eigenvalue weighted by atomic mass is 28.4. The van der Waals surface area contributed by atoms with Crippen molar-refractivity contribution in [3.8, 4) is 11.6 Å². The summed E-state index contributed by atoms with van der Waals surface area (Å²) < 4.78 is 72.4. The van der Waals surface area contributed by atoms with Gasteiger partial charge in [-0.3, -0.25) is 19.4 Å². The molecule has 1 aromatic heterocycles. The first kappa shape index (κ1) is 42.9. The molecule has 10 nitrogen and oxygen atoms in total. The second-order valence-corrected chi connectivity index (χ2v) is 23.4. The maximum atomic E-state index is 15.6. The van der Waals surface area contributed by atoms with E-state index in [4.69, 9.17) is 18.4 Å². The van der Waals surface area contributed by atoms with Crippen LogP contribution in [-0.2, 0) is 36.8 Å². The topological polar surface area (TPSA) is 115 Å². The molecule has 14 heteroatoms. The number of carbonyl (C=O) groups excluding carboxylic acids is 2. The van der Waals surface area contributed by atoms with Gasteiger partial charge in [0.1, 0.15) is 30.3 Å². The van der Waals surface area contributed by atoms with Crippen molar-refractivity contribution in [2.24, 2.45) is 11.8 Å². The van der Waals surface area contributed by atoms with Crippen LogP contribution in [0.25, 0.3) is 0 Å². The summed E-state index contributed by atoms with van der Waals surface area (Å²) >= 11 is 0. The number of alkyl halides is 3. The van der Waals surface area contributed by atoms with Crippen molar-refractivity contribution in [2.45, 2.75) is 102 Å². The lowest BCUT2D eigenvalue weighted by Gasteiger charge is -2.55. The molecule has 324 valence electrons. The minimum Gasteiger partial charge on any atom is -0.508 e. The van der Waals surface area contributed by atoms with Crippen LogP contribution in [0.3, 0.4) is 0 Å². The van der Waals surface area contributed by atoms with Crippen LogP contribution < -0.4 is 9.47 Å². The van der Waals surface area contributed by atoms with Crippen molar-refractivity contribution in [1.29, 1.82) is 0 Å². The molecule has 8 rings (SSSR count). The highest BCUT2D eigenvalue weighted by Crippen LogP contribution is 2.60. The predicted molar refractivity (Wildman–Crippen MR) is 225 cm³/mol. The molecular formula is C47H54F3N3O7Si. The largest absolute Gasteiger partial charge is 0.508 e. The van der Waals surface area contributed by atoms with Crippen LogP contribution in [0.2, 0.25) is 18.1 Å².